The van der Waals surface area contributed by atoms with Crippen LogP contribution >= 0.6 is 23.1 Å². The lowest BCUT2D eigenvalue weighted by Crippen LogP contribution is -2.42. The van der Waals surface area contributed by atoms with E-state index in [9.17, 15) is 4.79 Å². The van der Waals surface area contributed by atoms with Crippen LogP contribution in [-0.2, 0) is 4.79 Å². The van der Waals surface area contributed by atoms with Gasteiger partial charge >= 0.3 is 0 Å². The quantitative estimate of drug-likeness (QED) is 0.682. The molecule has 0 bridgehead atoms. The number of para-hydroxylation sites is 1. The molecule has 1 aliphatic rings. The van der Waals surface area contributed by atoms with E-state index in [4.69, 9.17) is 0 Å². The first kappa shape index (κ1) is 15.0. The van der Waals surface area contributed by atoms with Crippen LogP contribution in [0.15, 0.2) is 29.4 Å². The van der Waals surface area contributed by atoms with Crippen molar-refractivity contribution >= 4 is 44.2 Å². The molecular weight excluding hydrogens is 328 g/mol. The van der Waals surface area contributed by atoms with E-state index in [2.05, 4.69) is 33.7 Å². The Labute approximate surface area is 142 Å². The molecule has 1 amide bonds. The fourth-order valence-corrected chi connectivity index (χ4v) is 4.98. The predicted molar refractivity (Wildman–Crippen MR) is 94.1 cm³/mol. The molecule has 1 fully saturated rings. The van der Waals surface area contributed by atoms with Gasteiger partial charge in [-0.25, -0.2) is 0 Å². The Hall–Kier alpha value is -1.60. The van der Waals surface area contributed by atoms with Crippen LogP contribution in [0.4, 0.5) is 0 Å². The molecule has 3 heterocycles. The molecule has 0 N–H and O–H groups in total. The number of aromatic nitrogens is 3. The van der Waals surface area contributed by atoms with Gasteiger partial charge in [-0.3, -0.25) is 9.20 Å². The third-order valence-corrected chi connectivity index (χ3v) is 6.28. The highest BCUT2D eigenvalue weighted by Crippen LogP contribution is 2.29. The van der Waals surface area contributed by atoms with Crippen molar-refractivity contribution in [2.75, 3.05) is 12.3 Å². The molecule has 1 aromatic carbocycles. The van der Waals surface area contributed by atoms with Crippen molar-refractivity contribution in [2.24, 2.45) is 0 Å². The number of piperidine rings is 1. The van der Waals surface area contributed by atoms with E-state index in [1.54, 1.807) is 11.3 Å². The first-order chi connectivity index (χ1) is 11.2. The van der Waals surface area contributed by atoms with Gasteiger partial charge in [0.15, 0.2) is 5.16 Å². The monoisotopic (exact) mass is 346 g/mol. The maximum absolute atomic E-state index is 12.5. The lowest BCUT2D eigenvalue weighted by molar-refractivity contribution is -0.131. The zero-order chi connectivity index (χ0) is 15.8. The number of carbonyl (C=O) groups is 1. The fourth-order valence-electron chi connectivity index (χ4n) is 3.13. The summed E-state index contributed by atoms with van der Waals surface area (Å²) in [7, 11) is 0. The average molecular weight is 346 g/mol. The van der Waals surface area contributed by atoms with E-state index in [1.165, 1.54) is 22.9 Å². The predicted octanol–water partition coefficient (Wildman–Crippen LogP) is 3.44. The lowest BCUT2D eigenvalue weighted by atomic mass is 10.0. The zero-order valence-corrected chi connectivity index (χ0v) is 14.6. The van der Waals surface area contributed by atoms with Crippen molar-refractivity contribution in [3.63, 3.8) is 0 Å². The number of fused-ring (bicyclic) bond motifs is 3. The number of thiazole rings is 1. The summed E-state index contributed by atoms with van der Waals surface area (Å²) in [6, 6.07) is 8.56. The second-order valence-corrected chi connectivity index (χ2v) is 7.84. The van der Waals surface area contributed by atoms with Gasteiger partial charge in [0, 0.05) is 12.6 Å². The van der Waals surface area contributed by atoms with E-state index in [-0.39, 0.29) is 5.91 Å². The molecule has 0 spiro atoms. The van der Waals surface area contributed by atoms with Gasteiger partial charge in [-0.1, -0.05) is 35.2 Å². The lowest BCUT2D eigenvalue weighted by Gasteiger charge is -2.33. The van der Waals surface area contributed by atoms with Gasteiger partial charge in [-0.15, -0.1) is 10.2 Å². The van der Waals surface area contributed by atoms with E-state index in [0.717, 1.165) is 35.0 Å². The van der Waals surface area contributed by atoms with Crippen molar-refractivity contribution in [1.82, 2.24) is 19.5 Å². The first-order valence-electron chi connectivity index (χ1n) is 7.89. The minimum atomic E-state index is 0.207. The minimum absolute atomic E-state index is 0.207. The van der Waals surface area contributed by atoms with Gasteiger partial charge in [0.25, 0.3) is 0 Å². The Morgan fingerprint density at radius 1 is 1.35 bits per heavy atom. The molecule has 0 aliphatic carbocycles. The molecule has 0 saturated carbocycles. The van der Waals surface area contributed by atoms with Crippen LogP contribution in [0.2, 0.25) is 0 Å². The molecule has 3 aromatic rings. The van der Waals surface area contributed by atoms with Gasteiger partial charge in [-0.2, -0.15) is 0 Å². The summed E-state index contributed by atoms with van der Waals surface area (Å²) >= 11 is 3.11. The number of likely N-dealkylation sites (tertiary alicyclic amines) is 1. The smallest absolute Gasteiger partial charge is 0.233 e. The normalized spacial score (nSPS) is 18.8. The Balaban J connectivity index is 1.55. The number of thioether (sulfide) groups is 1. The third-order valence-electron chi connectivity index (χ3n) is 4.36. The molecule has 1 aliphatic heterocycles. The van der Waals surface area contributed by atoms with Crippen molar-refractivity contribution in [1.29, 1.82) is 0 Å². The highest BCUT2D eigenvalue weighted by Gasteiger charge is 2.23. The SMILES string of the molecule is C[C@@H]1CCCCN1C(=O)CSc1nnc2sc3ccccc3n12. The van der Waals surface area contributed by atoms with Crippen LogP contribution in [0.1, 0.15) is 26.2 Å². The zero-order valence-electron chi connectivity index (χ0n) is 12.9. The molecule has 2 aromatic heterocycles. The maximum Gasteiger partial charge on any atom is 0.233 e. The van der Waals surface area contributed by atoms with Gasteiger partial charge in [0.2, 0.25) is 10.9 Å². The van der Waals surface area contributed by atoms with Crippen molar-refractivity contribution < 1.29 is 4.79 Å². The summed E-state index contributed by atoms with van der Waals surface area (Å²) < 4.78 is 3.24. The second-order valence-electron chi connectivity index (χ2n) is 5.89. The summed E-state index contributed by atoms with van der Waals surface area (Å²) in [4.78, 5) is 15.4. The van der Waals surface area contributed by atoms with E-state index in [1.807, 2.05) is 17.0 Å². The molecule has 23 heavy (non-hydrogen) atoms. The maximum atomic E-state index is 12.5. The van der Waals surface area contributed by atoms with Crippen molar-refractivity contribution in [2.45, 2.75) is 37.4 Å². The van der Waals surface area contributed by atoms with Gasteiger partial charge in [-0.05, 0) is 38.3 Å². The van der Waals surface area contributed by atoms with Crippen LogP contribution in [0.25, 0.3) is 15.2 Å². The summed E-state index contributed by atoms with van der Waals surface area (Å²) in [5.41, 5.74) is 1.11. The minimum Gasteiger partial charge on any atom is -0.339 e. The van der Waals surface area contributed by atoms with E-state index in [0.29, 0.717) is 11.8 Å². The number of hydrogen-bond donors (Lipinski definition) is 0. The number of rotatable bonds is 3. The van der Waals surface area contributed by atoms with Crippen LogP contribution in [0, 0.1) is 0 Å². The number of amides is 1. The average Bonchev–Trinajstić information content (AvgIpc) is 3.12. The third kappa shape index (κ3) is 2.72. The Kier molecular flexibility index (Phi) is 3.98. The Bertz CT molecular complexity index is 856. The first-order valence-corrected chi connectivity index (χ1v) is 9.69. The molecule has 7 heteroatoms. The van der Waals surface area contributed by atoms with Crippen LogP contribution in [0.3, 0.4) is 0 Å². The summed E-state index contributed by atoms with van der Waals surface area (Å²) in [6.07, 6.45) is 3.45. The molecule has 0 unspecified atom stereocenters. The molecule has 120 valence electrons. The summed E-state index contributed by atoms with van der Waals surface area (Å²) in [6.45, 7) is 3.03. The Morgan fingerprint density at radius 3 is 3.09 bits per heavy atom. The van der Waals surface area contributed by atoms with Gasteiger partial charge < -0.3 is 4.90 Å². The molecule has 4 rings (SSSR count). The van der Waals surface area contributed by atoms with Crippen molar-refractivity contribution in [3.05, 3.63) is 24.3 Å². The van der Waals surface area contributed by atoms with E-state index >= 15 is 0 Å². The summed E-state index contributed by atoms with van der Waals surface area (Å²) in [5, 5.41) is 9.31. The number of carbonyl (C=O) groups excluding carboxylic acids is 1. The van der Waals surface area contributed by atoms with Crippen LogP contribution in [0.5, 0.6) is 0 Å². The molecule has 5 nitrogen and oxygen atoms in total. The largest absolute Gasteiger partial charge is 0.339 e. The summed E-state index contributed by atoms with van der Waals surface area (Å²) in [5.74, 6) is 0.633. The van der Waals surface area contributed by atoms with Crippen LogP contribution in [-0.4, -0.2) is 43.7 Å². The molecule has 0 radical (unpaired) electrons. The molecular formula is C16H18N4OS2. The molecule has 1 saturated heterocycles. The second kappa shape index (κ2) is 6.13. The van der Waals surface area contributed by atoms with Crippen LogP contribution < -0.4 is 0 Å². The van der Waals surface area contributed by atoms with E-state index < -0.39 is 0 Å². The highest BCUT2D eigenvalue weighted by atomic mass is 32.2. The van der Waals surface area contributed by atoms with Crippen molar-refractivity contribution in [3.8, 4) is 0 Å². The Morgan fingerprint density at radius 2 is 2.22 bits per heavy atom. The number of benzene rings is 1. The fraction of sp³-hybridized carbons (Fsp3) is 0.438. The number of nitrogens with zero attached hydrogens (tertiary/aromatic N) is 4. The highest BCUT2D eigenvalue weighted by molar-refractivity contribution is 7.99. The standard InChI is InChI=1S/C16H18N4OS2/c1-11-6-4-5-9-19(11)14(21)10-22-15-17-18-16-20(15)12-7-2-3-8-13(12)23-16/h2-3,7-8,11H,4-6,9-10H2,1H3/t11-/m1/s1. The van der Waals surface area contributed by atoms with Gasteiger partial charge in [0.1, 0.15) is 0 Å². The molecule has 1 atom stereocenters. The topological polar surface area (TPSA) is 50.5 Å². The van der Waals surface area contributed by atoms with Gasteiger partial charge in [0.05, 0.1) is 16.0 Å². The number of hydrogen-bond acceptors (Lipinski definition) is 5.